The Labute approximate surface area is 137 Å². The van der Waals surface area contributed by atoms with E-state index in [9.17, 15) is 4.79 Å². The minimum Gasteiger partial charge on any atom is -0.379 e. The largest absolute Gasteiger partial charge is 0.379 e. The van der Waals surface area contributed by atoms with Gasteiger partial charge in [0.25, 0.3) is 5.91 Å². The number of carbonyl (C=O) groups excluding carboxylic acids is 1. The number of anilines is 1. The quantitative estimate of drug-likeness (QED) is 0.849. The number of ether oxygens (including phenoxy) is 1. The first-order valence-electron chi connectivity index (χ1n) is 8.41. The molecule has 23 heavy (non-hydrogen) atoms. The van der Waals surface area contributed by atoms with Crippen molar-refractivity contribution < 1.29 is 9.53 Å². The Kier molecular flexibility index (Phi) is 5.40. The second-order valence-electron chi connectivity index (χ2n) is 6.06. The van der Waals surface area contributed by atoms with Gasteiger partial charge in [-0.3, -0.25) is 9.69 Å². The molecule has 3 heterocycles. The summed E-state index contributed by atoms with van der Waals surface area (Å²) in [5.74, 6) is 1.39. The van der Waals surface area contributed by atoms with Crippen LogP contribution in [0.25, 0.3) is 0 Å². The van der Waals surface area contributed by atoms with E-state index in [4.69, 9.17) is 4.74 Å². The Morgan fingerprint density at radius 1 is 1.22 bits per heavy atom. The van der Waals surface area contributed by atoms with Crippen molar-refractivity contribution in [3.05, 3.63) is 17.6 Å². The SMILES string of the molecule is Cc1nc(C(=O)NCCN2CCOCC2)cc(N2CCCC2)n1. The molecule has 2 fully saturated rings. The molecule has 0 saturated carbocycles. The molecule has 0 unspecified atom stereocenters. The van der Waals surface area contributed by atoms with Crippen LogP contribution in [0.3, 0.4) is 0 Å². The lowest BCUT2D eigenvalue weighted by Crippen LogP contribution is -2.41. The average Bonchev–Trinajstić information content (AvgIpc) is 3.10. The van der Waals surface area contributed by atoms with Crippen LogP contribution in [0.4, 0.5) is 5.82 Å². The molecule has 1 amide bonds. The van der Waals surface area contributed by atoms with Gasteiger partial charge in [0.15, 0.2) is 0 Å². The maximum atomic E-state index is 12.3. The van der Waals surface area contributed by atoms with Gasteiger partial charge in [-0.2, -0.15) is 0 Å². The highest BCUT2D eigenvalue weighted by atomic mass is 16.5. The molecule has 2 aliphatic rings. The molecule has 0 bridgehead atoms. The number of aryl methyl sites for hydroxylation is 1. The van der Waals surface area contributed by atoms with Crippen molar-refractivity contribution in [2.75, 3.05) is 57.4 Å². The molecule has 1 aromatic heterocycles. The molecule has 2 aliphatic heterocycles. The van der Waals surface area contributed by atoms with E-state index in [1.54, 1.807) is 0 Å². The minimum absolute atomic E-state index is 0.121. The second-order valence-corrected chi connectivity index (χ2v) is 6.06. The van der Waals surface area contributed by atoms with Crippen molar-refractivity contribution in [2.24, 2.45) is 0 Å². The summed E-state index contributed by atoms with van der Waals surface area (Å²) < 4.78 is 5.32. The van der Waals surface area contributed by atoms with Gasteiger partial charge in [-0.05, 0) is 19.8 Å². The van der Waals surface area contributed by atoms with Gasteiger partial charge in [0.1, 0.15) is 17.3 Å². The first-order valence-corrected chi connectivity index (χ1v) is 8.41. The van der Waals surface area contributed by atoms with Crippen molar-refractivity contribution in [3.63, 3.8) is 0 Å². The molecular weight excluding hydrogens is 294 g/mol. The van der Waals surface area contributed by atoms with Crippen LogP contribution in [0.15, 0.2) is 6.07 Å². The Morgan fingerprint density at radius 2 is 1.96 bits per heavy atom. The molecule has 0 atom stereocenters. The number of hydrogen-bond donors (Lipinski definition) is 1. The van der Waals surface area contributed by atoms with Gasteiger partial charge < -0.3 is 15.0 Å². The summed E-state index contributed by atoms with van der Waals surface area (Å²) in [6, 6.07) is 1.81. The third-order valence-electron chi connectivity index (χ3n) is 4.30. The summed E-state index contributed by atoms with van der Waals surface area (Å²) in [5.41, 5.74) is 0.460. The summed E-state index contributed by atoms with van der Waals surface area (Å²) in [6.45, 7) is 8.74. The maximum Gasteiger partial charge on any atom is 0.270 e. The van der Waals surface area contributed by atoms with Crippen LogP contribution in [0.2, 0.25) is 0 Å². The number of nitrogens with zero attached hydrogens (tertiary/aromatic N) is 4. The van der Waals surface area contributed by atoms with Gasteiger partial charge in [-0.1, -0.05) is 0 Å². The Balaban J connectivity index is 1.55. The first-order chi connectivity index (χ1) is 11.2. The third-order valence-corrected chi connectivity index (χ3v) is 4.30. The monoisotopic (exact) mass is 319 g/mol. The summed E-state index contributed by atoms with van der Waals surface area (Å²) >= 11 is 0. The lowest BCUT2D eigenvalue weighted by atomic mass is 10.3. The minimum atomic E-state index is -0.121. The lowest BCUT2D eigenvalue weighted by Gasteiger charge is -2.26. The Hall–Kier alpha value is -1.73. The van der Waals surface area contributed by atoms with E-state index in [0.29, 0.717) is 18.1 Å². The zero-order chi connectivity index (χ0) is 16.1. The number of carbonyl (C=O) groups is 1. The normalized spacial score (nSPS) is 19.1. The fraction of sp³-hybridized carbons (Fsp3) is 0.688. The fourth-order valence-corrected chi connectivity index (χ4v) is 3.02. The Bertz CT molecular complexity index is 539. The zero-order valence-corrected chi connectivity index (χ0v) is 13.8. The predicted molar refractivity (Wildman–Crippen MR) is 87.8 cm³/mol. The average molecular weight is 319 g/mol. The van der Waals surface area contributed by atoms with Gasteiger partial charge >= 0.3 is 0 Å². The first kappa shape index (κ1) is 16.1. The predicted octanol–water partition coefficient (Wildman–Crippen LogP) is 0.447. The molecule has 2 saturated heterocycles. The molecule has 7 nitrogen and oxygen atoms in total. The van der Waals surface area contributed by atoms with Crippen LogP contribution in [0, 0.1) is 6.92 Å². The van der Waals surface area contributed by atoms with Gasteiger partial charge in [0.05, 0.1) is 13.2 Å². The summed E-state index contributed by atoms with van der Waals surface area (Å²) in [7, 11) is 0. The van der Waals surface area contributed by atoms with Crippen molar-refractivity contribution >= 4 is 11.7 Å². The van der Waals surface area contributed by atoms with Gasteiger partial charge in [-0.25, -0.2) is 9.97 Å². The molecular formula is C16H25N5O2. The summed E-state index contributed by atoms with van der Waals surface area (Å²) in [6.07, 6.45) is 2.37. The number of amides is 1. The van der Waals surface area contributed by atoms with Gasteiger partial charge in [-0.15, -0.1) is 0 Å². The molecule has 0 aliphatic carbocycles. The smallest absolute Gasteiger partial charge is 0.270 e. The summed E-state index contributed by atoms with van der Waals surface area (Å²) in [5, 5.41) is 2.96. The molecule has 0 aromatic carbocycles. The molecule has 1 N–H and O–H groups in total. The van der Waals surface area contributed by atoms with Crippen molar-refractivity contribution in [1.29, 1.82) is 0 Å². The number of aromatic nitrogens is 2. The van der Waals surface area contributed by atoms with E-state index in [0.717, 1.165) is 51.8 Å². The number of morpholine rings is 1. The molecule has 3 rings (SSSR count). The molecule has 1 aromatic rings. The van der Waals surface area contributed by atoms with Gasteiger partial charge in [0.2, 0.25) is 0 Å². The van der Waals surface area contributed by atoms with E-state index in [1.165, 1.54) is 12.8 Å². The highest BCUT2D eigenvalue weighted by molar-refractivity contribution is 5.92. The fourth-order valence-electron chi connectivity index (χ4n) is 3.02. The molecule has 7 heteroatoms. The molecule has 0 spiro atoms. The van der Waals surface area contributed by atoms with E-state index in [2.05, 4.69) is 25.1 Å². The highest BCUT2D eigenvalue weighted by Gasteiger charge is 2.17. The van der Waals surface area contributed by atoms with Crippen LogP contribution in [0.5, 0.6) is 0 Å². The van der Waals surface area contributed by atoms with Crippen molar-refractivity contribution in [3.8, 4) is 0 Å². The van der Waals surface area contributed by atoms with Crippen LogP contribution in [-0.4, -0.2) is 73.3 Å². The van der Waals surface area contributed by atoms with Crippen molar-refractivity contribution in [2.45, 2.75) is 19.8 Å². The third kappa shape index (κ3) is 4.39. The zero-order valence-electron chi connectivity index (χ0n) is 13.8. The number of hydrogen-bond acceptors (Lipinski definition) is 6. The van der Waals surface area contributed by atoms with Crippen LogP contribution < -0.4 is 10.2 Å². The lowest BCUT2D eigenvalue weighted by molar-refractivity contribution is 0.0383. The van der Waals surface area contributed by atoms with E-state index >= 15 is 0 Å². The summed E-state index contributed by atoms with van der Waals surface area (Å²) in [4.78, 5) is 25.6. The van der Waals surface area contributed by atoms with Crippen LogP contribution in [0.1, 0.15) is 29.2 Å². The van der Waals surface area contributed by atoms with Crippen LogP contribution in [-0.2, 0) is 4.74 Å². The van der Waals surface area contributed by atoms with Crippen LogP contribution >= 0.6 is 0 Å². The maximum absolute atomic E-state index is 12.3. The number of nitrogens with one attached hydrogen (secondary N) is 1. The van der Waals surface area contributed by atoms with E-state index in [-0.39, 0.29) is 5.91 Å². The standard InChI is InChI=1S/C16H25N5O2/c1-13-18-14(12-15(19-13)21-5-2-3-6-21)16(22)17-4-7-20-8-10-23-11-9-20/h12H,2-11H2,1H3,(H,17,22). The van der Waals surface area contributed by atoms with Gasteiger partial charge in [0, 0.05) is 45.3 Å². The Morgan fingerprint density at radius 3 is 2.70 bits per heavy atom. The number of rotatable bonds is 5. The van der Waals surface area contributed by atoms with E-state index in [1.807, 2.05) is 13.0 Å². The second kappa shape index (κ2) is 7.70. The van der Waals surface area contributed by atoms with Crippen molar-refractivity contribution in [1.82, 2.24) is 20.2 Å². The topological polar surface area (TPSA) is 70.6 Å². The highest BCUT2D eigenvalue weighted by Crippen LogP contribution is 2.18. The molecule has 126 valence electrons. The van der Waals surface area contributed by atoms with E-state index < -0.39 is 0 Å². The molecule has 0 radical (unpaired) electrons.